The van der Waals surface area contributed by atoms with Gasteiger partial charge < -0.3 is 9.88 Å². The molecule has 160 valence electrons. The summed E-state index contributed by atoms with van der Waals surface area (Å²) in [6.07, 6.45) is 7.99. The summed E-state index contributed by atoms with van der Waals surface area (Å²) in [5, 5.41) is 2.08. The number of piperidine rings is 1. The van der Waals surface area contributed by atoms with E-state index < -0.39 is 0 Å². The topological polar surface area (TPSA) is 95.1 Å². The Morgan fingerprint density at radius 2 is 2.19 bits per heavy atom. The number of nitrogens with zero attached hydrogens (tertiary/aromatic N) is 5. The quantitative estimate of drug-likeness (QED) is 0.675. The highest BCUT2D eigenvalue weighted by Crippen LogP contribution is 2.30. The Kier molecular flexibility index (Phi) is 5.61. The lowest BCUT2D eigenvalue weighted by Crippen LogP contribution is -2.41. The smallest absolute Gasteiger partial charge is 0.274 e. The van der Waals surface area contributed by atoms with Crippen LogP contribution in [-0.2, 0) is 19.5 Å². The van der Waals surface area contributed by atoms with Crippen molar-refractivity contribution in [2.24, 2.45) is 0 Å². The van der Waals surface area contributed by atoms with Crippen LogP contribution in [0.3, 0.4) is 0 Å². The average molecular weight is 437 g/mol. The molecule has 5 heterocycles. The third-order valence-corrected chi connectivity index (χ3v) is 6.85. The molecule has 3 aromatic rings. The van der Waals surface area contributed by atoms with Gasteiger partial charge in [-0.1, -0.05) is 6.07 Å². The summed E-state index contributed by atoms with van der Waals surface area (Å²) in [7, 11) is 0. The molecule has 3 aromatic heterocycles. The average Bonchev–Trinajstić information content (AvgIpc) is 3.32. The predicted octanol–water partition coefficient (Wildman–Crippen LogP) is 2.55. The Balaban J connectivity index is 1.39. The standard InChI is InChI=1S/C22H24N6O2S/c29-21-16-14-27(13-15-4-3-11-31-15)10-6-17(16)25-20(26-21)19-5-1-2-9-28(19)22(30)18-12-23-7-8-24-18/h3-4,7-8,11-12,19H,1-2,5-6,9-10,13-14H2,(H,25,26,29)/t19-/m1/s1. The fraction of sp³-hybridized carbons (Fsp3) is 0.409. The molecule has 1 N–H and O–H groups in total. The van der Waals surface area contributed by atoms with Gasteiger partial charge in [0.2, 0.25) is 0 Å². The number of aromatic nitrogens is 4. The van der Waals surface area contributed by atoms with Gasteiger partial charge in [0, 0.05) is 49.9 Å². The molecule has 0 radical (unpaired) electrons. The number of carbonyl (C=O) groups is 1. The molecule has 2 aliphatic heterocycles. The maximum absolute atomic E-state index is 13.0. The number of nitrogens with one attached hydrogen (secondary N) is 1. The van der Waals surface area contributed by atoms with E-state index in [0.717, 1.165) is 50.0 Å². The molecule has 0 spiro atoms. The Labute approximate surface area is 184 Å². The molecule has 9 heteroatoms. The molecule has 0 aliphatic carbocycles. The lowest BCUT2D eigenvalue weighted by molar-refractivity contribution is 0.0592. The zero-order valence-corrected chi connectivity index (χ0v) is 18.0. The highest BCUT2D eigenvalue weighted by Gasteiger charge is 2.32. The van der Waals surface area contributed by atoms with E-state index in [2.05, 4.69) is 37.4 Å². The van der Waals surface area contributed by atoms with Crippen LogP contribution in [0.25, 0.3) is 0 Å². The first kappa shape index (κ1) is 20.0. The van der Waals surface area contributed by atoms with Crippen LogP contribution in [0.4, 0.5) is 0 Å². The van der Waals surface area contributed by atoms with Crippen LogP contribution in [0.2, 0.25) is 0 Å². The summed E-state index contributed by atoms with van der Waals surface area (Å²) in [4.78, 5) is 47.4. The number of thiophene rings is 1. The molecule has 5 rings (SSSR count). The van der Waals surface area contributed by atoms with Crippen molar-refractivity contribution < 1.29 is 4.79 Å². The maximum atomic E-state index is 13.0. The van der Waals surface area contributed by atoms with Gasteiger partial charge >= 0.3 is 0 Å². The Morgan fingerprint density at radius 3 is 3.00 bits per heavy atom. The van der Waals surface area contributed by atoms with E-state index in [1.165, 1.54) is 17.3 Å². The summed E-state index contributed by atoms with van der Waals surface area (Å²) < 4.78 is 0. The normalized spacial score (nSPS) is 19.2. The van der Waals surface area contributed by atoms with Gasteiger partial charge in [-0.15, -0.1) is 11.3 Å². The SMILES string of the molecule is O=C(c1cnccn1)N1CCCC[C@@H]1c1nc2c(c(=O)[nH]1)CN(Cc1cccs1)CC2. The second-order valence-electron chi connectivity index (χ2n) is 8.02. The second-order valence-corrected chi connectivity index (χ2v) is 9.05. The van der Waals surface area contributed by atoms with E-state index in [1.54, 1.807) is 22.4 Å². The van der Waals surface area contributed by atoms with Crippen molar-refractivity contribution in [3.05, 3.63) is 74.1 Å². The number of carbonyl (C=O) groups excluding carboxylic acids is 1. The minimum atomic E-state index is -0.245. The van der Waals surface area contributed by atoms with E-state index in [4.69, 9.17) is 4.98 Å². The number of hydrogen-bond acceptors (Lipinski definition) is 7. The zero-order chi connectivity index (χ0) is 21.2. The number of likely N-dealkylation sites (tertiary alicyclic amines) is 1. The summed E-state index contributed by atoms with van der Waals surface area (Å²) in [5.74, 6) is 0.424. The fourth-order valence-electron chi connectivity index (χ4n) is 4.43. The Hall–Kier alpha value is -2.91. The molecule has 8 nitrogen and oxygen atoms in total. The molecule has 0 bridgehead atoms. The van der Waals surface area contributed by atoms with Crippen molar-refractivity contribution in [2.75, 3.05) is 13.1 Å². The van der Waals surface area contributed by atoms with Crippen molar-refractivity contribution >= 4 is 17.2 Å². The number of hydrogen-bond donors (Lipinski definition) is 1. The van der Waals surface area contributed by atoms with Crippen LogP contribution in [0.1, 0.15) is 57.8 Å². The lowest BCUT2D eigenvalue weighted by atomic mass is 9.99. The summed E-state index contributed by atoms with van der Waals surface area (Å²) in [6.45, 7) is 2.94. The van der Waals surface area contributed by atoms with Gasteiger partial charge in [0.05, 0.1) is 23.5 Å². The molecule has 0 saturated carbocycles. The van der Waals surface area contributed by atoms with Crippen molar-refractivity contribution in [2.45, 2.75) is 44.8 Å². The molecule has 1 fully saturated rings. The first-order chi connectivity index (χ1) is 15.2. The van der Waals surface area contributed by atoms with Crippen LogP contribution in [-0.4, -0.2) is 48.7 Å². The van der Waals surface area contributed by atoms with Gasteiger partial charge in [-0.3, -0.25) is 19.5 Å². The number of amides is 1. The van der Waals surface area contributed by atoms with E-state index >= 15 is 0 Å². The van der Waals surface area contributed by atoms with Gasteiger partial charge in [0.25, 0.3) is 11.5 Å². The van der Waals surface area contributed by atoms with Gasteiger partial charge in [0.1, 0.15) is 11.5 Å². The minimum Gasteiger partial charge on any atom is -0.327 e. The van der Waals surface area contributed by atoms with E-state index in [-0.39, 0.29) is 17.5 Å². The third-order valence-electron chi connectivity index (χ3n) is 5.99. The molecule has 0 aromatic carbocycles. The largest absolute Gasteiger partial charge is 0.327 e. The van der Waals surface area contributed by atoms with Gasteiger partial charge in [-0.2, -0.15) is 0 Å². The molecular weight excluding hydrogens is 412 g/mol. The van der Waals surface area contributed by atoms with Crippen molar-refractivity contribution in [3.8, 4) is 0 Å². The summed E-state index contributed by atoms with van der Waals surface area (Å²) in [5.41, 5.74) is 1.83. The fourth-order valence-corrected chi connectivity index (χ4v) is 5.18. The highest BCUT2D eigenvalue weighted by molar-refractivity contribution is 7.09. The van der Waals surface area contributed by atoms with E-state index in [9.17, 15) is 9.59 Å². The highest BCUT2D eigenvalue weighted by atomic mass is 32.1. The first-order valence-electron chi connectivity index (χ1n) is 10.6. The lowest BCUT2D eigenvalue weighted by Gasteiger charge is -2.35. The predicted molar refractivity (Wildman–Crippen MR) is 117 cm³/mol. The number of rotatable bonds is 4. The Morgan fingerprint density at radius 1 is 1.26 bits per heavy atom. The van der Waals surface area contributed by atoms with Gasteiger partial charge in [-0.05, 0) is 30.7 Å². The van der Waals surface area contributed by atoms with Crippen LogP contribution < -0.4 is 5.56 Å². The van der Waals surface area contributed by atoms with Gasteiger partial charge in [-0.25, -0.2) is 9.97 Å². The van der Waals surface area contributed by atoms with Crippen LogP contribution in [0.15, 0.2) is 40.9 Å². The summed E-state index contributed by atoms with van der Waals surface area (Å²) >= 11 is 1.73. The molecule has 2 aliphatic rings. The summed E-state index contributed by atoms with van der Waals surface area (Å²) in [6, 6.07) is 3.93. The van der Waals surface area contributed by atoms with E-state index in [0.29, 0.717) is 24.6 Å². The van der Waals surface area contributed by atoms with Crippen LogP contribution in [0, 0.1) is 0 Å². The van der Waals surface area contributed by atoms with Crippen LogP contribution >= 0.6 is 11.3 Å². The molecule has 31 heavy (non-hydrogen) atoms. The molecule has 1 amide bonds. The second kappa shape index (κ2) is 8.68. The van der Waals surface area contributed by atoms with Crippen molar-refractivity contribution in [1.82, 2.24) is 29.7 Å². The number of fused-ring (bicyclic) bond motifs is 1. The van der Waals surface area contributed by atoms with Crippen molar-refractivity contribution in [1.29, 1.82) is 0 Å². The molecule has 1 saturated heterocycles. The minimum absolute atomic E-state index is 0.0895. The molecule has 1 atom stereocenters. The van der Waals surface area contributed by atoms with E-state index in [1.807, 2.05) is 0 Å². The van der Waals surface area contributed by atoms with Crippen molar-refractivity contribution in [3.63, 3.8) is 0 Å². The monoisotopic (exact) mass is 436 g/mol. The number of H-pyrrole nitrogens is 1. The zero-order valence-electron chi connectivity index (χ0n) is 17.2. The maximum Gasteiger partial charge on any atom is 0.274 e. The third kappa shape index (κ3) is 4.15. The van der Waals surface area contributed by atoms with Gasteiger partial charge in [0.15, 0.2) is 0 Å². The number of aromatic amines is 1. The Bertz CT molecular complexity index is 1110. The molecule has 0 unspecified atom stereocenters. The first-order valence-corrected chi connectivity index (χ1v) is 11.5. The molecular formula is C22H24N6O2S. The van der Waals surface area contributed by atoms with Crippen LogP contribution in [0.5, 0.6) is 0 Å².